The topological polar surface area (TPSA) is 129 Å². The maximum absolute atomic E-state index is 14.1. The van der Waals surface area contributed by atoms with Gasteiger partial charge in [-0.05, 0) is 63.0 Å². The zero-order valence-electron chi connectivity index (χ0n) is 24.8. The molecule has 2 aromatic rings. The van der Waals surface area contributed by atoms with Crippen molar-refractivity contribution in [3.8, 4) is 0 Å². The van der Waals surface area contributed by atoms with Crippen molar-refractivity contribution in [1.29, 1.82) is 0 Å². The number of thiazole rings is 1. The van der Waals surface area contributed by atoms with Gasteiger partial charge in [-0.3, -0.25) is 24.0 Å². The van der Waals surface area contributed by atoms with Crippen LogP contribution in [0, 0.1) is 29.1 Å². The maximum atomic E-state index is 14.1. The number of amides is 4. The molecule has 4 heterocycles. The minimum atomic E-state index is -0.950. The number of Topliss-reactive ketones (excluding diaryl/α,β-unsaturated/α-hetero) is 1. The van der Waals surface area contributed by atoms with Gasteiger partial charge in [0.05, 0.1) is 22.2 Å². The molecule has 4 aliphatic rings. The van der Waals surface area contributed by atoms with E-state index in [1.54, 1.807) is 9.80 Å². The summed E-state index contributed by atoms with van der Waals surface area (Å²) in [5, 5.41) is 6.09. The first-order chi connectivity index (χ1) is 19.8. The van der Waals surface area contributed by atoms with Gasteiger partial charge >= 0.3 is 0 Å². The van der Waals surface area contributed by atoms with Crippen LogP contribution in [-0.4, -0.2) is 81.5 Å². The molecule has 4 fully saturated rings. The third kappa shape index (κ3) is 4.89. The normalized spacial score (nSPS) is 29.0. The molecule has 224 valence electrons. The zero-order chi connectivity index (χ0) is 30.1. The van der Waals surface area contributed by atoms with E-state index in [1.165, 1.54) is 11.3 Å². The van der Waals surface area contributed by atoms with Crippen molar-refractivity contribution in [2.75, 3.05) is 19.6 Å². The Bertz CT molecular complexity index is 1440. The lowest BCUT2D eigenvalue weighted by atomic mass is 9.94. The number of likely N-dealkylation sites (tertiary alicyclic amines) is 2. The molecule has 10 nitrogen and oxygen atoms in total. The highest BCUT2D eigenvalue weighted by atomic mass is 32.1. The van der Waals surface area contributed by atoms with Crippen LogP contribution in [0.3, 0.4) is 0 Å². The Labute approximate surface area is 249 Å². The summed E-state index contributed by atoms with van der Waals surface area (Å²) in [6, 6.07) is 5.79. The van der Waals surface area contributed by atoms with Crippen molar-refractivity contribution in [1.82, 2.24) is 25.4 Å². The number of para-hydroxylation sites is 1. The van der Waals surface area contributed by atoms with E-state index < -0.39 is 29.5 Å². The first-order valence-electron chi connectivity index (χ1n) is 14.9. The molecule has 1 saturated carbocycles. The smallest absolute Gasteiger partial charge is 0.243 e. The van der Waals surface area contributed by atoms with E-state index in [9.17, 15) is 24.0 Å². The molecule has 3 aliphatic heterocycles. The van der Waals surface area contributed by atoms with Crippen LogP contribution in [0.1, 0.15) is 63.7 Å². The number of piperidine rings is 1. The molecule has 6 rings (SSSR count). The highest BCUT2D eigenvalue weighted by Gasteiger charge is 2.69. The second-order valence-corrected chi connectivity index (χ2v) is 14.9. The number of rotatable bonds is 7. The molecule has 11 heteroatoms. The Balaban J connectivity index is 1.25. The van der Waals surface area contributed by atoms with E-state index in [0.29, 0.717) is 31.6 Å². The van der Waals surface area contributed by atoms with Gasteiger partial charge in [0.25, 0.3) is 0 Å². The van der Waals surface area contributed by atoms with Gasteiger partial charge in [-0.2, -0.15) is 0 Å². The van der Waals surface area contributed by atoms with Gasteiger partial charge in [-0.25, -0.2) is 4.98 Å². The van der Waals surface area contributed by atoms with Gasteiger partial charge in [-0.15, -0.1) is 11.3 Å². The number of carbonyl (C=O) groups is 5. The molecule has 6 atom stereocenters. The molecular weight excluding hydrogens is 554 g/mol. The number of nitrogens with zero attached hydrogens (tertiary/aromatic N) is 3. The lowest BCUT2D eigenvalue weighted by molar-refractivity contribution is -0.143. The number of ketones is 1. The molecule has 1 aliphatic carbocycles. The van der Waals surface area contributed by atoms with Gasteiger partial charge in [0.15, 0.2) is 5.01 Å². The van der Waals surface area contributed by atoms with Crippen molar-refractivity contribution in [2.24, 2.45) is 29.1 Å². The number of hydrogen-bond acceptors (Lipinski definition) is 7. The Morgan fingerprint density at radius 2 is 1.90 bits per heavy atom. The minimum absolute atomic E-state index is 0.0368. The summed E-state index contributed by atoms with van der Waals surface area (Å²) in [7, 11) is 0. The fraction of sp³-hybridized carbons (Fsp3) is 0.613. The Hall–Kier alpha value is -3.34. The molecule has 2 N–H and O–H groups in total. The molecular formula is C31H39N5O5S. The summed E-state index contributed by atoms with van der Waals surface area (Å²) >= 11 is 1.27. The van der Waals surface area contributed by atoms with Crippen LogP contribution < -0.4 is 10.6 Å². The third-order valence-corrected chi connectivity index (χ3v) is 10.9. The molecule has 4 amide bonds. The van der Waals surface area contributed by atoms with Crippen molar-refractivity contribution in [2.45, 2.75) is 71.5 Å². The fourth-order valence-corrected chi connectivity index (χ4v) is 8.30. The summed E-state index contributed by atoms with van der Waals surface area (Å²) in [5.74, 6) is -1.82. The molecule has 1 aromatic heterocycles. The number of aromatic nitrogens is 1. The van der Waals surface area contributed by atoms with E-state index in [4.69, 9.17) is 0 Å². The highest BCUT2D eigenvalue weighted by Crippen LogP contribution is 2.65. The van der Waals surface area contributed by atoms with Crippen molar-refractivity contribution < 1.29 is 24.0 Å². The Morgan fingerprint density at radius 3 is 2.55 bits per heavy atom. The van der Waals surface area contributed by atoms with E-state index >= 15 is 0 Å². The van der Waals surface area contributed by atoms with E-state index in [0.717, 1.165) is 4.70 Å². The van der Waals surface area contributed by atoms with Crippen LogP contribution in [0.15, 0.2) is 24.3 Å². The van der Waals surface area contributed by atoms with Gasteiger partial charge < -0.3 is 20.4 Å². The first-order valence-corrected chi connectivity index (χ1v) is 15.7. The van der Waals surface area contributed by atoms with Crippen molar-refractivity contribution >= 4 is 51.0 Å². The monoisotopic (exact) mass is 593 g/mol. The summed E-state index contributed by atoms with van der Waals surface area (Å²) in [5.41, 5.74) is 0.207. The van der Waals surface area contributed by atoms with E-state index in [2.05, 4.69) is 29.5 Å². The molecule has 0 radical (unpaired) electrons. The summed E-state index contributed by atoms with van der Waals surface area (Å²) in [4.78, 5) is 75.0. The van der Waals surface area contributed by atoms with Crippen LogP contribution in [-0.2, 0) is 19.2 Å². The van der Waals surface area contributed by atoms with E-state index in [1.807, 2.05) is 45.0 Å². The highest BCUT2D eigenvalue weighted by molar-refractivity contribution is 7.20. The molecule has 1 unspecified atom stereocenters. The number of fused-ring (bicyclic) bond motifs is 2. The van der Waals surface area contributed by atoms with Gasteiger partial charge in [0.2, 0.25) is 29.4 Å². The van der Waals surface area contributed by atoms with Crippen LogP contribution in [0.4, 0.5) is 0 Å². The summed E-state index contributed by atoms with van der Waals surface area (Å²) in [6.07, 6.45) is 0.890. The second-order valence-electron chi connectivity index (χ2n) is 13.9. The number of nitrogens with one attached hydrogen (secondary N) is 2. The van der Waals surface area contributed by atoms with Crippen LogP contribution in [0.5, 0.6) is 0 Å². The van der Waals surface area contributed by atoms with Crippen molar-refractivity contribution in [3.05, 3.63) is 29.3 Å². The van der Waals surface area contributed by atoms with Gasteiger partial charge in [0, 0.05) is 37.5 Å². The zero-order valence-corrected chi connectivity index (χ0v) is 25.6. The standard InChI is InChI=1S/C31H39N5O5S/c1-30(2,3)36-14-17(13-22(36)37)29(41)35-15-18-23(31(18,4)5)24(35)27(40)33-20(12-16-10-11-32-26(16)39)25(38)28-34-19-8-6-7-9-21(19)42-28/h6-9,16-18,20,23-24H,10-15H2,1-5H3,(H,32,39)(H,33,40)/t16-,17+,18-,20?,23-,24-/m0/s1. The first kappa shape index (κ1) is 28.8. The lowest BCUT2D eigenvalue weighted by Crippen LogP contribution is -2.55. The fourth-order valence-electron chi connectivity index (χ4n) is 7.34. The average Bonchev–Trinajstić information content (AvgIpc) is 3.55. The summed E-state index contributed by atoms with van der Waals surface area (Å²) in [6.45, 7) is 11.4. The second kappa shape index (κ2) is 10.1. The van der Waals surface area contributed by atoms with Crippen LogP contribution in [0.2, 0.25) is 0 Å². The number of carbonyl (C=O) groups excluding carboxylic acids is 5. The predicted molar refractivity (Wildman–Crippen MR) is 157 cm³/mol. The molecule has 0 bridgehead atoms. The quantitative estimate of drug-likeness (QED) is 0.475. The van der Waals surface area contributed by atoms with Crippen LogP contribution >= 0.6 is 11.3 Å². The Kier molecular flexibility index (Phi) is 6.94. The predicted octanol–water partition coefficient (Wildman–Crippen LogP) is 2.62. The number of hydrogen-bond donors (Lipinski definition) is 2. The molecule has 0 spiro atoms. The van der Waals surface area contributed by atoms with Gasteiger partial charge in [-0.1, -0.05) is 26.0 Å². The maximum Gasteiger partial charge on any atom is 0.243 e. The minimum Gasteiger partial charge on any atom is -0.356 e. The lowest BCUT2D eigenvalue weighted by Gasteiger charge is -2.34. The number of benzene rings is 1. The van der Waals surface area contributed by atoms with Gasteiger partial charge in [0.1, 0.15) is 6.04 Å². The Morgan fingerprint density at radius 1 is 1.17 bits per heavy atom. The largest absolute Gasteiger partial charge is 0.356 e. The average molecular weight is 594 g/mol. The van der Waals surface area contributed by atoms with E-state index in [-0.39, 0.29) is 64.5 Å². The van der Waals surface area contributed by atoms with Crippen LogP contribution in [0.25, 0.3) is 10.2 Å². The third-order valence-electron chi connectivity index (χ3n) is 9.86. The van der Waals surface area contributed by atoms with Crippen molar-refractivity contribution in [3.63, 3.8) is 0 Å². The molecule has 3 saturated heterocycles. The molecule has 42 heavy (non-hydrogen) atoms. The molecule has 1 aromatic carbocycles. The SMILES string of the molecule is CC1(C)[C@@H]2[C@@H](C(=O)NC(C[C@@H]3CCNC3=O)C(=O)c3nc4ccccc4s3)N(C(=O)[C@@H]3CC(=O)N(C(C)(C)C)C3)C[C@@H]21. The summed E-state index contributed by atoms with van der Waals surface area (Å²) < 4.78 is 0.870.